The number of ether oxygens (including phenoxy) is 1. The van der Waals surface area contributed by atoms with E-state index in [1.165, 1.54) is 24.2 Å². The first-order chi connectivity index (χ1) is 17.4. The molecule has 188 valence electrons. The van der Waals surface area contributed by atoms with E-state index < -0.39 is 5.41 Å². The quantitative estimate of drug-likeness (QED) is 0.441. The summed E-state index contributed by atoms with van der Waals surface area (Å²) >= 11 is 1.27. The van der Waals surface area contributed by atoms with Crippen molar-refractivity contribution < 1.29 is 14.3 Å². The molecule has 10 nitrogen and oxygen atoms in total. The molecular formula is C25H29N7O3S. The lowest BCUT2D eigenvalue weighted by Crippen LogP contribution is -2.38. The highest BCUT2D eigenvalue weighted by Gasteiger charge is 2.44. The van der Waals surface area contributed by atoms with Crippen LogP contribution in [0.4, 0.5) is 15.7 Å². The van der Waals surface area contributed by atoms with E-state index in [2.05, 4.69) is 36.0 Å². The van der Waals surface area contributed by atoms with Gasteiger partial charge in [-0.05, 0) is 44.1 Å². The van der Waals surface area contributed by atoms with Crippen LogP contribution in [-0.2, 0) is 4.79 Å². The number of likely N-dealkylation sites (tertiary alicyclic amines) is 1. The fraction of sp³-hybridized carbons (Fsp3) is 0.400. The summed E-state index contributed by atoms with van der Waals surface area (Å²) in [6.07, 6.45) is 2.44. The number of hydrogen-bond acceptors (Lipinski definition) is 8. The van der Waals surface area contributed by atoms with Crippen molar-refractivity contribution in [3.05, 3.63) is 53.0 Å². The maximum atomic E-state index is 13.4. The summed E-state index contributed by atoms with van der Waals surface area (Å²) in [5.41, 5.74) is 2.36. The molecule has 1 aromatic carbocycles. The topological polar surface area (TPSA) is 121 Å². The Kier molecular flexibility index (Phi) is 6.84. The monoisotopic (exact) mass is 507 g/mol. The summed E-state index contributed by atoms with van der Waals surface area (Å²) < 4.78 is 6.12. The van der Waals surface area contributed by atoms with Crippen molar-refractivity contribution >= 4 is 34.2 Å². The number of fused-ring (bicyclic) bond motifs is 2. The summed E-state index contributed by atoms with van der Waals surface area (Å²) in [4.78, 5) is 32.7. The zero-order chi connectivity index (χ0) is 25.1. The van der Waals surface area contributed by atoms with Crippen LogP contribution in [0.1, 0.15) is 43.7 Å². The molecule has 11 heteroatoms. The number of urea groups is 1. The molecule has 1 fully saturated rings. The Morgan fingerprint density at radius 3 is 2.69 bits per heavy atom. The fourth-order valence-electron chi connectivity index (χ4n) is 4.79. The maximum Gasteiger partial charge on any atom is 0.320 e. The largest absolute Gasteiger partial charge is 0.438 e. The highest BCUT2D eigenvalue weighted by atomic mass is 32.1. The van der Waals surface area contributed by atoms with Gasteiger partial charge in [0.05, 0.1) is 5.41 Å². The van der Waals surface area contributed by atoms with E-state index in [-0.39, 0.29) is 17.9 Å². The number of nitrogens with zero attached hydrogens (tertiary/aromatic N) is 4. The molecule has 2 aromatic heterocycles. The van der Waals surface area contributed by atoms with Crippen molar-refractivity contribution in [2.75, 3.05) is 36.8 Å². The molecule has 36 heavy (non-hydrogen) atoms. The van der Waals surface area contributed by atoms with Crippen molar-refractivity contribution in [2.24, 2.45) is 5.41 Å². The van der Waals surface area contributed by atoms with Gasteiger partial charge in [-0.3, -0.25) is 10.1 Å². The molecule has 5 rings (SSSR count). The SMILES string of the molecule is CC(C)(C(=O)Nc1nncs1)C1c2ccccc2Oc2nc(NC(=O)NCCN3CCCC3)ccc21. The number of aromatic nitrogens is 3. The molecular weight excluding hydrogens is 478 g/mol. The lowest BCUT2D eigenvalue weighted by atomic mass is 9.70. The van der Waals surface area contributed by atoms with Crippen molar-refractivity contribution in [1.82, 2.24) is 25.4 Å². The van der Waals surface area contributed by atoms with Gasteiger partial charge in [-0.1, -0.05) is 43.4 Å². The minimum atomic E-state index is -0.871. The molecule has 3 N–H and O–H groups in total. The zero-order valence-electron chi connectivity index (χ0n) is 20.3. The number of hydrogen-bond donors (Lipinski definition) is 3. The predicted octanol–water partition coefficient (Wildman–Crippen LogP) is 4.05. The molecule has 1 atom stereocenters. The molecule has 4 heterocycles. The zero-order valence-corrected chi connectivity index (χ0v) is 21.1. The molecule has 3 aromatic rings. The lowest BCUT2D eigenvalue weighted by molar-refractivity contribution is -0.124. The van der Waals surface area contributed by atoms with Crippen molar-refractivity contribution in [3.63, 3.8) is 0 Å². The summed E-state index contributed by atoms with van der Waals surface area (Å²) in [7, 11) is 0. The van der Waals surface area contributed by atoms with Crippen molar-refractivity contribution in [2.45, 2.75) is 32.6 Å². The maximum absolute atomic E-state index is 13.4. The van der Waals surface area contributed by atoms with E-state index in [0.29, 0.717) is 29.1 Å². The number of anilines is 2. The fourth-order valence-corrected chi connectivity index (χ4v) is 5.23. The normalized spacial score (nSPS) is 17.0. The Balaban J connectivity index is 1.35. The van der Waals surface area contributed by atoms with E-state index in [4.69, 9.17) is 4.74 Å². The van der Waals surface area contributed by atoms with E-state index in [0.717, 1.165) is 30.8 Å². The van der Waals surface area contributed by atoms with Crippen LogP contribution in [0.15, 0.2) is 41.9 Å². The van der Waals surface area contributed by atoms with E-state index >= 15 is 0 Å². The molecule has 2 aliphatic rings. The third-order valence-electron chi connectivity index (χ3n) is 6.68. The Hall–Kier alpha value is -3.57. The van der Waals surface area contributed by atoms with Gasteiger partial charge in [-0.15, -0.1) is 10.2 Å². The van der Waals surface area contributed by atoms with E-state index in [1.807, 2.05) is 44.2 Å². The second kappa shape index (κ2) is 10.2. The lowest BCUT2D eigenvalue weighted by Gasteiger charge is -2.37. The molecule has 0 bridgehead atoms. The Morgan fingerprint density at radius 2 is 1.92 bits per heavy atom. The van der Waals surface area contributed by atoms with E-state index in [1.54, 1.807) is 11.6 Å². The van der Waals surface area contributed by atoms with Crippen LogP contribution in [0.3, 0.4) is 0 Å². The minimum absolute atomic E-state index is 0.188. The van der Waals surface area contributed by atoms with Gasteiger partial charge in [0.15, 0.2) is 0 Å². The molecule has 1 saturated heterocycles. The second-order valence-electron chi connectivity index (χ2n) is 9.51. The first-order valence-electron chi connectivity index (χ1n) is 12.0. The Labute approximate surface area is 213 Å². The molecule has 3 amide bonds. The number of rotatable bonds is 7. The summed E-state index contributed by atoms with van der Waals surface area (Å²) in [5, 5.41) is 16.7. The van der Waals surface area contributed by atoms with Gasteiger partial charge in [0.25, 0.3) is 0 Å². The van der Waals surface area contributed by atoms with Crippen LogP contribution in [0.5, 0.6) is 11.6 Å². The number of carbonyl (C=O) groups excluding carboxylic acids is 2. The summed E-state index contributed by atoms with van der Waals surface area (Å²) in [5.74, 6) is 0.853. The van der Waals surface area contributed by atoms with Crippen LogP contribution >= 0.6 is 11.3 Å². The Bertz CT molecular complexity index is 1240. The molecule has 0 radical (unpaired) electrons. The van der Waals surface area contributed by atoms with Crippen LogP contribution in [0.25, 0.3) is 0 Å². The van der Waals surface area contributed by atoms with Crippen LogP contribution in [0.2, 0.25) is 0 Å². The summed E-state index contributed by atoms with van der Waals surface area (Å²) in [6, 6.07) is 10.9. The van der Waals surface area contributed by atoms with Gasteiger partial charge in [0.2, 0.25) is 16.9 Å². The standard InChI is InChI=1S/C25H29N7O3S/c1-25(2,22(33)30-24-31-27-15-36-24)20-16-7-3-4-8-18(16)35-21-17(20)9-10-19(28-21)29-23(34)26-11-14-32-12-5-6-13-32/h3-4,7-10,15,20H,5-6,11-14H2,1-2H3,(H,30,31,33)(H2,26,28,29,34). The van der Waals surface area contributed by atoms with Gasteiger partial charge >= 0.3 is 6.03 Å². The molecule has 0 spiro atoms. The summed E-state index contributed by atoms with van der Waals surface area (Å²) in [6.45, 7) is 7.36. The number of para-hydroxylation sites is 1. The first kappa shape index (κ1) is 24.1. The van der Waals surface area contributed by atoms with Gasteiger partial charge in [0.1, 0.15) is 17.1 Å². The van der Waals surface area contributed by atoms with Gasteiger partial charge in [-0.2, -0.15) is 4.98 Å². The van der Waals surface area contributed by atoms with Gasteiger partial charge < -0.3 is 20.3 Å². The Morgan fingerprint density at radius 1 is 1.11 bits per heavy atom. The first-order valence-corrected chi connectivity index (χ1v) is 12.9. The highest BCUT2D eigenvalue weighted by molar-refractivity contribution is 7.13. The third-order valence-corrected chi connectivity index (χ3v) is 7.29. The van der Waals surface area contributed by atoms with Gasteiger partial charge in [-0.25, -0.2) is 4.79 Å². The van der Waals surface area contributed by atoms with Gasteiger partial charge in [0, 0.05) is 30.1 Å². The number of carbonyl (C=O) groups is 2. The average Bonchev–Trinajstić information content (AvgIpc) is 3.57. The number of benzene rings is 1. The average molecular weight is 508 g/mol. The van der Waals surface area contributed by atoms with Crippen molar-refractivity contribution in [3.8, 4) is 11.6 Å². The van der Waals surface area contributed by atoms with Crippen LogP contribution < -0.4 is 20.7 Å². The minimum Gasteiger partial charge on any atom is -0.438 e. The molecule has 0 saturated carbocycles. The van der Waals surface area contributed by atoms with E-state index in [9.17, 15) is 9.59 Å². The van der Waals surface area contributed by atoms with Crippen LogP contribution in [0, 0.1) is 5.41 Å². The molecule has 2 aliphatic heterocycles. The molecule has 0 aliphatic carbocycles. The smallest absolute Gasteiger partial charge is 0.320 e. The number of pyridine rings is 1. The second-order valence-corrected chi connectivity index (χ2v) is 10.3. The highest BCUT2D eigenvalue weighted by Crippen LogP contribution is 2.51. The van der Waals surface area contributed by atoms with Crippen LogP contribution in [-0.4, -0.2) is 58.2 Å². The van der Waals surface area contributed by atoms with Crippen molar-refractivity contribution in [1.29, 1.82) is 0 Å². The third kappa shape index (κ3) is 5.02. The molecule has 1 unspecified atom stereocenters. The number of amides is 3. The number of nitrogens with one attached hydrogen (secondary N) is 3. The predicted molar refractivity (Wildman–Crippen MR) is 138 cm³/mol.